The van der Waals surface area contributed by atoms with Crippen LogP contribution >= 0.6 is 0 Å². The lowest BCUT2D eigenvalue weighted by atomic mass is 10.1. The van der Waals surface area contributed by atoms with Crippen LogP contribution in [-0.2, 0) is 4.74 Å². The van der Waals surface area contributed by atoms with Crippen molar-refractivity contribution in [3.05, 3.63) is 11.6 Å². The fraction of sp³-hybridized carbons (Fsp3) is 0.833. The van der Waals surface area contributed by atoms with Gasteiger partial charge >= 0.3 is 0 Å². The standard InChI is InChI=1S/C12H25NO/c1-10(2)7-6-8-11(3)13-12(4)9-14-5/h7,11-13H,6,8-9H2,1-5H3. The molecule has 0 aliphatic heterocycles. The number of hydrogen-bond donors (Lipinski definition) is 1. The summed E-state index contributed by atoms with van der Waals surface area (Å²) in [4.78, 5) is 0. The molecule has 0 spiro atoms. The van der Waals surface area contributed by atoms with Crippen LogP contribution in [0.4, 0.5) is 0 Å². The predicted molar refractivity (Wildman–Crippen MR) is 62.6 cm³/mol. The van der Waals surface area contributed by atoms with Gasteiger partial charge < -0.3 is 10.1 Å². The minimum absolute atomic E-state index is 0.446. The molecule has 2 heteroatoms. The number of rotatable bonds is 7. The second kappa shape index (κ2) is 8.01. The molecule has 2 nitrogen and oxygen atoms in total. The van der Waals surface area contributed by atoms with E-state index in [0.29, 0.717) is 12.1 Å². The van der Waals surface area contributed by atoms with E-state index in [-0.39, 0.29) is 0 Å². The third kappa shape index (κ3) is 8.27. The summed E-state index contributed by atoms with van der Waals surface area (Å²) in [6, 6.07) is 1.01. The summed E-state index contributed by atoms with van der Waals surface area (Å²) in [5.41, 5.74) is 1.40. The summed E-state index contributed by atoms with van der Waals surface area (Å²) in [7, 11) is 1.74. The molecular weight excluding hydrogens is 174 g/mol. The van der Waals surface area contributed by atoms with Crippen molar-refractivity contribution in [1.29, 1.82) is 0 Å². The lowest BCUT2D eigenvalue weighted by molar-refractivity contribution is 0.167. The highest BCUT2D eigenvalue weighted by molar-refractivity contribution is 4.93. The van der Waals surface area contributed by atoms with Gasteiger partial charge in [0, 0.05) is 19.2 Å². The summed E-state index contributed by atoms with van der Waals surface area (Å²) in [6.07, 6.45) is 4.65. The number of nitrogens with one attached hydrogen (secondary N) is 1. The molecule has 0 saturated carbocycles. The second-order valence-corrected chi connectivity index (χ2v) is 4.28. The van der Waals surface area contributed by atoms with Crippen molar-refractivity contribution in [2.45, 2.75) is 52.6 Å². The maximum atomic E-state index is 5.07. The van der Waals surface area contributed by atoms with Gasteiger partial charge in [-0.3, -0.25) is 0 Å². The summed E-state index contributed by atoms with van der Waals surface area (Å²) >= 11 is 0. The van der Waals surface area contributed by atoms with Crippen LogP contribution in [0.25, 0.3) is 0 Å². The summed E-state index contributed by atoms with van der Waals surface area (Å²) in [6.45, 7) is 9.45. The lowest BCUT2D eigenvalue weighted by Crippen LogP contribution is -2.37. The van der Waals surface area contributed by atoms with Gasteiger partial charge in [0.25, 0.3) is 0 Å². The van der Waals surface area contributed by atoms with Crippen LogP contribution in [0.1, 0.15) is 40.5 Å². The van der Waals surface area contributed by atoms with Gasteiger partial charge in [-0.15, -0.1) is 0 Å². The van der Waals surface area contributed by atoms with E-state index in [1.54, 1.807) is 7.11 Å². The molecule has 0 aliphatic carbocycles. The molecule has 2 unspecified atom stereocenters. The molecule has 14 heavy (non-hydrogen) atoms. The van der Waals surface area contributed by atoms with E-state index < -0.39 is 0 Å². The normalized spacial score (nSPS) is 14.9. The molecular formula is C12H25NO. The Morgan fingerprint density at radius 3 is 2.43 bits per heavy atom. The monoisotopic (exact) mass is 199 g/mol. The van der Waals surface area contributed by atoms with E-state index in [9.17, 15) is 0 Å². The molecule has 0 aliphatic rings. The largest absolute Gasteiger partial charge is 0.383 e. The maximum absolute atomic E-state index is 5.07. The number of allylic oxidation sites excluding steroid dienone is 2. The van der Waals surface area contributed by atoms with Crippen LogP contribution in [0.3, 0.4) is 0 Å². The van der Waals surface area contributed by atoms with Crippen molar-refractivity contribution in [2.75, 3.05) is 13.7 Å². The SMILES string of the molecule is COCC(C)NC(C)CCC=C(C)C. The van der Waals surface area contributed by atoms with Crippen molar-refractivity contribution in [1.82, 2.24) is 5.32 Å². The number of hydrogen-bond acceptors (Lipinski definition) is 2. The maximum Gasteiger partial charge on any atom is 0.0613 e. The summed E-state index contributed by atoms with van der Waals surface area (Å²) in [5.74, 6) is 0. The predicted octanol–water partition coefficient (Wildman–Crippen LogP) is 2.75. The Hall–Kier alpha value is -0.340. The van der Waals surface area contributed by atoms with Crippen LogP contribution in [0.5, 0.6) is 0 Å². The topological polar surface area (TPSA) is 21.3 Å². The third-order valence-electron chi connectivity index (χ3n) is 2.14. The van der Waals surface area contributed by atoms with Crippen LogP contribution in [-0.4, -0.2) is 25.8 Å². The van der Waals surface area contributed by atoms with Crippen molar-refractivity contribution in [3.8, 4) is 0 Å². The van der Waals surface area contributed by atoms with E-state index in [1.165, 1.54) is 12.0 Å². The van der Waals surface area contributed by atoms with Gasteiger partial charge in [0.05, 0.1) is 6.61 Å². The van der Waals surface area contributed by atoms with Gasteiger partial charge in [-0.05, 0) is 40.5 Å². The van der Waals surface area contributed by atoms with Gasteiger partial charge in [-0.2, -0.15) is 0 Å². The van der Waals surface area contributed by atoms with E-state index in [1.807, 2.05) is 0 Å². The average molecular weight is 199 g/mol. The van der Waals surface area contributed by atoms with Crippen molar-refractivity contribution >= 4 is 0 Å². The molecule has 2 atom stereocenters. The molecule has 1 N–H and O–H groups in total. The zero-order chi connectivity index (χ0) is 11.0. The molecule has 0 saturated heterocycles. The molecule has 0 radical (unpaired) electrons. The Morgan fingerprint density at radius 1 is 1.29 bits per heavy atom. The Labute approximate surface area is 88.7 Å². The quantitative estimate of drug-likeness (QED) is 0.637. The minimum Gasteiger partial charge on any atom is -0.383 e. The fourth-order valence-electron chi connectivity index (χ4n) is 1.49. The van der Waals surface area contributed by atoms with Gasteiger partial charge in [0.2, 0.25) is 0 Å². The molecule has 0 amide bonds. The first-order chi connectivity index (χ1) is 6.56. The highest BCUT2D eigenvalue weighted by atomic mass is 16.5. The Balaban J connectivity index is 3.54. The number of methoxy groups -OCH3 is 1. The van der Waals surface area contributed by atoms with Crippen molar-refractivity contribution in [3.63, 3.8) is 0 Å². The first kappa shape index (κ1) is 13.7. The smallest absolute Gasteiger partial charge is 0.0613 e. The fourth-order valence-corrected chi connectivity index (χ4v) is 1.49. The van der Waals surface area contributed by atoms with Crippen molar-refractivity contribution in [2.24, 2.45) is 0 Å². The van der Waals surface area contributed by atoms with Gasteiger partial charge in [0.1, 0.15) is 0 Å². The van der Waals surface area contributed by atoms with E-state index >= 15 is 0 Å². The van der Waals surface area contributed by atoms with Gasteiger partial charge in [0.15, 0.2) is 0 Å². The molecule has 0 bridgehead atoms. The minimum atomic E-state index is 0.446. The van der Waals surface area contributed by atoms with Gasteiger partial charge in [-0.1, -0.05) is 11.6 Å². The zero-order valence-electron chi connectivity index (χ0n) is 10.3. The summed E-state index contributed by atoms with van der Waals surface area (Å²) < 4.78 is 5.07. The Kier molecular flexibility index (Phi) is 7.81. The first-order valence-corrected chi connectivity index (χ1v) is 5.44. The highest BCUT2D eigenvalue weighted by Crippen LogP contribution is 2.02. The molecule has 0 fully saturated rings. The van der Waals surface area contributed by atoms with E-state index in [0.717, 1.165) is 13.0 Å². The van der Waals surface area contributed by atoms with Crippen LogP contribution in [0, 0.1) is 0 Å². The van der Waals surface area contributed by atoms with E-state index in [2.05, 4.69) is 39.1 Å². The number of ether oxygens (including phenoxy) is 1. The van der Waals surface area contributed by atoms with Crippen LogP contribution in [0.2, 0.25) is 0 Å². The van der Waals surface area contributed by atoms with Crippen LogP contribution < -0.4 is 5.32 Å². The zero-order valence-corrected chi connectivity index (χ0v) is 10.3. The summed E-state index contributed by atoms with van der Waals surface area (Å²) in [5, 5.41) is 3.50. The lowest BCUT2D eigenvalue weighted by Gasteiger charge is -2.18. The first-order valence-electron chi connectivity index (χ1n) is 5.44. The van der Waals surface area contributed by atoms with Crippen LogP contribution in [0.15, 0.2) is 11.6 Å². The van der Waals surface area contributed by atoms with E-state index in [4.69, 9.17) is 4.74 Å². The van der Waals surface area contributed by atoms with Gasteiger partial charge in [-0.25, -0.2) is 0 Å². The van der Waals surface area contributed by atoms with Crippen molar-refractivity contribution < 1.29 is 4.74 Å². The Bertz CT molecular complexity index is 162. The second-order valence-electron chi connectivity index (χ2n) is 4.28. The average Bonchev–Trinajstić information content (AvgIpc) is 2.03. The molecule has 0 rings (SSSR count). The highest BCUT2D eigenvalue weighted by Gasteiger charge is 2.05. The molecule has 0 heterocycles. The molecule has 0 aromatic carbocycles. The Morgan fingerprint density at radius 2 is 1.93 bits per heavy atom. The molecule has 0 aromatic heterocycles. The molecule has 0 aromatic rings. The molecule has 84 valence electrons. The third-order valence-corrected chi connectivity index (χ3v) is 2.14.